The highest BCUT2D eigenvalue weighted by atomic mass is 35.5. The van der Waals surface area contributed by atoms with Gasteiger partial charge in [0.1, 0.15) is 11.5 Å². The predicted molar refractivity (Wildman–Crippen MR) is 87.0 cm³/mol. The number of rotatable bonds is 5. The van der Waals surface area contributed by atoms with Crippen LogP contribution >= 0.6 is 11.6 Å². The lowest BCUT2D eigenvalue weighted by Crippen LogP contribution is -2.12. The maximum atomic E-state index is 11.1. The molecular formula is C16H13ClN4O2. The summed E-state index contributed by atoms with van der Waals surface area (Å²) in [6.07, 6.45) is 1.37. The van der Waals surface area contributed by atoms with Gasteiger partial charge in [0.25, 0.3) is 0 Å². The van der Waals surface area contributed by atoms with Crippen LogP contribution in [0.4, 0.5) is 5.82 Å². The van der Waals surface area contributed by atoms with E-state index in [2.05, 4.69) is 15.5 Å². The number of halogens is 1. The van der Waals surface area contributed by atoms with Gasteiger partial charge in [-0.05, 0) is 6.07 Å². The number of carbonyl (C=O) groups excluding carboxylic acids is 1. The van der Waals surface area contributed by atoms with Crippen LogP contribution in [0.3, 0.4) is 0 Å². The van der Waals surface area contributed by atoms with Gasteiger partial charge in [0.05, 0.1) is 17.1 Å². The highest BCUT2D eigenvalue weighted by Crippen LogP contribution is 2.22. The number of hydrogen-bond acceptors (Lipinski definition) is 5. The van der Waals surface area contributed by atoms with Gasteiger partial charge in [0, 0.05) is 17.8 Å². The molecule has 3 N–H and O–H groups in total. The third kappa shape index (κ3) is 3.49. The maximum absolute atomic E-state index is 11.1. The zero-order chi connectivity index (χ0) is 16.2. The van der Waals surface area contributed by atoms with Crippen molar-refractivity contribution in [3.05, 3.63) is 64.9 Å². The Labute approximate surface area is 137 Å². The summed E-state index contributed by atoms with van der Waals surface area (Å²) in [6, 6.07) is 13.0. The highest BCUT2D eigenvalue weighted by Gasteiger charge is 2.09. The summed E-state index contributed by atoms with van der Waals surface area (Å²) in [7, 11) is 0. The van der Waals surface area contributed by atoms with Crippen LogP contribution < -0.4 is 11.1 Å². The van der Waals surface area contributed by atoms with Crippen LogP contribution in [-0.2, 0) is 6.54 Å². The third-order valence-corrected chi connectivity index (χ3v) is 3.47. The lowest BCUT2D eigenvalue weighted by molar-refractivity contribution is 0.1000. The minimum absolute atomic E-state index is 0.258. The largest absolute Gasteiger partial charge is 0.366 e. The maximum Gasteiger partial charge on any atom is 0.250 e. The van der Waals surface area contributed by atoms with E-state index in [4.69, 9.17) is 21.9 Å². The lowest BCUT2D eigenvalue weighted by atomic mass is 10.2. The number of nitrogens with one attached hydrogen (secondary N) is 1. The summed E-state index contributed by atoms with van der Waals surface area (Å²) in [5.41, 5.74) is 7.09. The number of nitrogens with zero attached hydrogens (tertiary/aromatic N) is 2. The van der Waals surface area contributed by atoms with E-state index >= 15 is 0 Å². The minimum Gasteiger partial charge on any atom is -0.366 e. The fourth-order valence-corrected chi connectivity index (χ4v) is 2.24. The Morgan fingerprint density at radius 2 is 2.04 bits per heavy atom. The number of primary amides is 1. The van der Waals surface area contributed by atoms with Gasteiger partial charge in [-0.15, -0.1) is 0 Å². The molecule has 1 aromatic carbocycles. The second kappa shape index (κ2) is 6.50. The van der Waals surface area contributed by atoms with Gasteiger partial charge in [-0.2, -0.15) is 0 Å². The van der Waals surface area contributed by atoms with Gasteiger partial charge in [-0.3, -0.25) is 4.79 Å². The molecule has 0 saturated carbocycles. The van der Waals surface area contributed by atoms with E-state index < -0.39 is 5.91 Å². The number of anilines is 1. The third-order valence-electron chi connectivity index (χ3n) is 3.18. The molecular weight excluding hydrogens is 316 g/mol. The normalized spacial score (nSPS) is 10.5. The number of amides is 1. The van der Waals surface area contributed by atoms with Crippen LogP contribution in [0.25, 0.3) is 11.3 Å². The predicted octanol–water partition coefficient (Wildman–Crippen LogP) is 3.10. The summed E-state index contributed by atoms with van der Waals surface area (Å²) in [5.74, 6) is 0.557. The van der Waals surface area contributed by atoms with Crippen LogP contribution in [0.5, 0.6) is 0 Å². The molecule has 0 unspecified atom stereocenters. The van der Waals surface area contributed by atoms with E-state index in [0.717, 1.165) is 5.56 Å². The van der Waals surface area contributed by atoms with Crippen molar-refractivity contribution in [2.45, 2.75) is 6.54 Å². The first-order chi connectivity index (χ1) is 11.1. The zero-order valence-corrected chi connectivity index (χ0v) is 12.7. The number of hydrogen-bond donors (Lipinski definition) is 2. The Balaban J connectivity index is 1.70. The summed E-state index contributed by atoms with van der Waals surface area (Å²) in [5, 5.41) is 7.36. The zero-order valence-electron chi connectivity index (χ0n) is 12.0. The number of nitrogens with two attached hydrogens (primary N) is 1. The average Bonchev–Trinajstić information content (AvgIpc) is 3.03. The molecule has 0 aliphatic heterocycles. The van der Waals surface area contributed by atoms with Gasteiger partial charge in [0.15, 0.2) is 5.76 Å². The molecule has 2 heterocycles. The fraction of sp³-hybridized carbons (Fsp3) is 0.0625. The van der Waals surface area contributed by atoms with E-state index in [1.165, 1.54) is 12.3 Å². The topological polar surface area (TPSA) is 94.0 Å². The van der Waals surface area contributed by atoms with Crippen molar-refractivity contribution < 1.29 is 9.32 Å². The van der Waals surface area contributed by atoms with Crippen molar-refractivity contribution in [3.8, 4) is 11.3 Å². The molecule has 0 saturated heterocycles. The Bertz CT molecular complexity index is 833. The molecule has 1 amide bonds. The number of benzene rings is 1. The monoisotopic (exact) mass is 328 g/mol. The fourth-order valence-electron chi connectivity index (χ4n) is 2.01. The second-order valence-electron chi connectivity index (χ2n) is 4.82. The summed E-state index contributed by atoms with van der Waals surface area (Å²) in [4.78, 5) is 15.1. The lowest BCUT2D eigenvalue weighted by Gasteiger charge is -2.06. The van der Waals surface area contributed by atoms with Gasteiger partial charge in [-0.1, -0.05) is 47.1 Å². The second-order valence-corrected chi connectivity index (χ2v) is 5.23. The Morgan fingerprint density at radius 3 is 2.74 bits per heavy atom. The Morgan fingerprint density at radius 1 is 1.26 bits per heavy atom. The molecule has 0 atom stereocenters. The van der Waals surface area contributed by atoms with Gasteiger partial charge < -0.3 is 15.6 Å². The first-order valence-corrected chi connectivity index (χ1v) is 7.21. The molecule has 3 rings (SSSR count). The van der Waals surface area contributed by atoms with Crippen LogP contribution in [0.2, 0.25) is 5.02 Å². The first kappa shape index (κ1) is 15.1. The quantitative estimate of drug-likeness (QED) is 0.750. The number of carbonyl (C=O) groups is 1. The van der Waals surface area contributed by atoms with Crippen molar-refractivity contribution in [2.75, 3.05) is 5.32 Å². The molecule has 3 aromatic rings. The molecule has 116 valence electrons. The highest BCUT2D eigenvalue weighted by molar-refractivity contribution is 6.33. The van der Waals surface area contributed by atoms with Crippen LogP contribution in [-0.4, -0.2) is 16.0 Å². The SMILES string of the molecule is NC(=O)c1cnc(NCc2cc(-c3ccccc3)on2)c(Cl)c1. The molecule has 2 aromatic heterocycles. The summed E-state index contributed by atoms with van der Waals surface area (Å²) in [6.45, 7) is 0.388. The molecule has 0 bridgehead atoms. The standard InChI is InChI=1S/C16H13ClN4O2/c17-13-6-11(15(18)22)8-19-16(13)20-9-12-7-14(23-21-12)10-4-2-1-3-5-10/h1-8H,9H2,(H2,18,22)(H,19,20). The molecule has 7 heteroatoms. The van der Waals surface area contributed by atoms with Crippen molar-refractivity contribution in [3.63, 3.8) is 0 Å². The van der Waals surface area contributed by atoms with Crippen molar-refractivity contribution >= 4 is 23.3 Å². The van der Waals surface area contributed by atoms with Gasteiger partial charge in [0.2, 0.25) is 5.91 Å². The smallest absolute Gasteiger partial charge is 0.250 e. The van der Waals surface area contributed by atoms with E-state index in [9.17, 15) is 4.79 Å². The van der Waals surface area contributed by atoms with E-state index in [1.54, 1.807) is 0 Å². The molecule has 0 aliphatic carbocycles. The molecule has 6 nitrogen and oxygen atoms in total. The van der Waals surface area contributed by atoms with Gasteiger partial charge in [-0.25, -0.2) is 4.98 Å². The van der Waals surface area contributed by atoms with E-state index in [1.807, 2.05) is 36.4 Å². The molecule has 0 spiro atoms. The first-order valence-electron chi connectivity index (χ1n) is 6.84. The molecule has 0 fully saturated rings. The summed E-state index contributed by atoms with van der Waals surface area (Å²) < 4.78 is 5.32. The summed E-state index contributed by atoms with van der Waals surface area (Å²) >= 11 is 6.06. The molecule has 0 radical (unpaired) electrons. The van der Waals surface area contributed by atoms with Crippen molar-refractivity contribution in [1.82, 2.24) is 10.1 Å². The minimum atomic E-state index is -0.574. The van der Waals surface area contributed by atoms with Crippen LogP contribution in [0, 0.1) is 0 Å². The Kier molecular flexibility index (Phi) is 4.25. The molecule has 23 heavy (non-hydrogen) atoms. The van der Waals surface area contributed by atoms with Crippen molar-refractivity contribution in [2.24, 2.45) is 5.73 Å². The van der Waals surface area contributed by atoms with E-state index in [0.29, 0.717) is 28.8 Å². The van der Waals surface area contributed by atoms with Crippen molar-refractivity contribution in [1.29, 1.82) is 0 Å². The number of aromatic nitrogens is 2. The number of pyridine rings is 1. The van der Waals surface area contributed by atoms with Crippen LogP contribution in [0.1, 0.15) is 16.1 Å². The Hall–Kier alpha value is -2.86. The van der Waals surface area contributed by atoms with E-state index in [-0.39, 0.29) is 5.56 Å². The van der Waals surface area contributed by atoms with Crippen LogP contribution in [0.15, 0.2) is 53.2 Å². The van der Waals surface area contributed by atoms with Gasteiger partial charge >= 0.3 is 0 Å². The molecule has 0 aliphatic rings. The average molecular weight is 329 g/mol.